The fourth-order valence-corrected chi connectivity index (χ4v) is 1.50. The van der Waals surface area contributed by atoms with E-state index >= 15 is 0 Å². The molecule has 0 aromatic rings. The van der Waals surface area contributed by atoms with Crippen molar-refractivity contribution in [1.29, 1.82) is 0 Å². The van der Waals surface area contributed by atoms with Gasteiger partial charge in [0.2, 0.25) is 6.23 Å². The summed E-state index contributed by atoms with van der Waals surface area (Å²) in [5, 5.41) is 0. The van der Waals surface area contributed by atoms with Gasteiger partial charge in [0, 0.05) is 6.54 Å². The lowest BCUT2D eigenvalue weighted by atomic mass is 10.3. The normalized spacial score (nSPS) is 31.6. The highest BCUT2D eigenvalue weighted by Crippen LogP contribution is 2.07. The Bertz CT molecular complexity index is 145. The zero-order valence-corrected chi connectivity index (χ0v) is 9.37. The first-order valence-electron chi connectivity index (χ1n) is 4.81. The monoisotopic (exact) mass is 188 g/mol. The molecule has 0 bridgehead atoms. The molecule has 1 heterocycles. The third kappa shape index (κ3) is 2.91. The molecule has 4 nitrogen and oxygen atoms in total. The molecular weight excluding hydrogens is 166 g/mol. The van der Waals surface area contributed by atoms with Crippen molar-refractivity contribution in [3.05, 3.63) is 0 Å². The minimum atomic E-state index is 0.235. The minimum absolute atomic E-state index is 0.235. The van der Waals surface area contributed by atoms with E-state index < -0.39 is 0 Å². The fourth-order valence-electron chi connectivity index (χ4n) is 1.50. The van der Waals surface area contributed by atoms with Gasteiger partial charge >= 0.3 is 0 Å². The smallest absolute Gasteiger partial charge is 0.206 e. The number of hydrogen-bond acceptors (Lipinski definition) is 3. The van der Waals surface area contributed by atoms with Gasteiger partial charge in [-0.1, -0.05) is 0 Å². The summed E-state index contributed by atoms with van der Waals surface area (Å²) in [6.07, 6.45) is 0.532. The first-order chi connectivity index (χ1) is 6.00. The van der Waals surface area contributed by atoms with Gasteiger partial charge in [0.05, 0.1) is 20.6 Å². The van der Waals surface area contributed by atoms with Crippen molar-refractivity contribution >= 4 is 0 Å². The van der Waals surface area contributed by atoms with E-state index in [0.717, 1.165) is 13.1 Å². The lowest BCUT2D eigenvalue weighted by Crippen LogP contribution is -3.12. The Kier molecular flexibility index (Phi) is 3.67. The van der Waals surface area contributed by atoms with Gasteiger partial charge in [0.1, 0.15) is 6.23 Å². The van der Waals surface area contributed by atoms with Crippen LogP contribution in [0.25, 0.3) is 0 Å². The maximum Gasteiger partial charge on any atom is 0.206 e. The number of hydrogen-bond donors (Lipinski definition) is 1. The van der Waals surface area contributed by atoms with Gasteiger partial charge in [-0.2, -0.15) is 0 Å². The zero-order chi connectivity index (χ0) is 10.0. The average Bonchev–Trinajstić information content (AvgIpc) is 2.03. The van der Waals surface area contributed by atoms with E-state index in [1.54, 1.807) is 0 Å². The van der Waals surface area contributed by atoms with E-state index in [0.29, 0.717) is 6.23 Å². The number of morpholine rings is 1. The van der Waals surface area contributed by atoms with Gasteiger partial charge in [0.15, 0.2) is 0 Å². The van der Waals surface area contributed by atoms with Gasteiger partial charge in [-0.3, -0.25) is 9.80 Å². The van der Waals surface area contributed by atoms with E-state index in [-0.39, 0.29) is 6.23 Å². The maximum absolute atomic E-state index is 5.93. The van der Waals surface area contributed by atoms with Crippen molar-refractivity contribution in [3.63, 3.8) is 0 Å². The first-order valence-corrected chi connectivity index (χ1v) is 4.81. The van der Waals surface area contributed by atoms with E-state index in [2.05, 4.69) is 45.0 Å². The summed E-state index contributed by atoms with van der Waals surface area (Å²) in [7, 11) is 10.5. The van der Waals surface area contributed by atoms with Crippen molar-refractivity contribution in [2.75, 3.05) is 48.3 Å². The van der Waals surface area contributed by atoms with Crippen LogP contribution in [0.5, 0.6) is 0 Å². The lowest BCUT2D eigenvalue weighted by Gasteiger charge is -2.39. The highest BCUT2D eigenvalue weighted by molar-refractivity contribution is 4.68. The van der Waals surface area contributed by atoms with Gasteiger partial charge in [-0.15, -0.1) is 0 Å². The second kappa shape index (κ2) is 4.37. The SMILES string of the molecule is CN1CC(N(C)C)OC([NH+](C)C)C1. The third-order valence-electron chi connectivity index (χ3n) is 2.49. The number of rotatable bonds is 2. The average molecular weight is 188 g/mol. The molecule has 0 radical (unpaired) electrons. The number of nitrogens with one attached hydrogen (secondary N) is 1. The molecule has 1 saturated heterocycles. The van der Waals surface area contributed by atoms with Crippen LogP contribution >= 0.6 is 0 Å². The molecule has 0 aliphatic carbocycles. The minimum Gasteiger partial charge on any atom is -0.314 e. The first kappa shape index (κ1) is 10.9. The molecule has 0 amide bonds. The molecule has 2 atom stereocenters. The fraction of sp³-hybridized carbons (Fsp3) is 1.00. The maximum atomic E-state index is 5.93. The Hall–Kier alpha value is -0.160. The second-order valence-corrected chi connectivity index (χ2v) is 4.34. The van der Waals surface area contributed by atoms with E-state index in [4.69, 9.17) is 4.74 Å². The summed E-state index contributed by atoms with van der Waals surface area (Å²) in [4.78, 5) is 5.82. The lowest BCUT2D eigenvalue weighted by molar-refractivity contribution is -0.913. The van der Waals surface area contributed by atoms with Crippen molar-refractivity contribution in [2.24, 2.45) is 0 Å². The molecule has 0 spiro atoms. The van der Waals surface area contributed by atoms with Crippen LogP contribution in [0.2, 0.25) is 0 Å². The van der Waals surface area contributed by atoms with Crippen LogP contribution in [0.1, 0.15) is 0 Å². The quantitative estimate of drug-likeness (QED) is 0.558. The van der Waals surface area contributed by atoms with Crippen molar-refractivity contribution in [2.45, 2.75) is 12.5 Å². The Labute approximate surface area is 81.0 Å². The second-order valence-electron chi connectivity index (χ2n) is 4.34. The summed E-state index contributed by atoms with van der Waals surface area (Å²) in [6.45, 7) is 2.02. The van der Waals surface area contributed by atoms with Gasteiger partial charge in [-0.05, 0) is 21.1 Å². The van der Waals surface area contributed by atoms with Crippen molar-refractivity contribution in [1.82, 2.24) is 9.80 Å². The van der Waals surface area contributed by atoms with Gasteiger partial charge in [0.25, 0.3) is 0 Å². The highest BCUT2D eigenvalue weighted by atomic mass is 16.5. The standard InChI is InChI=1S/C9H21N3O/c1-10(2)8-6-12(5)7-9(13-8)11(3)4/h8-9H,6-7H2,1-5H3/p+1. The topological polar surface area (TPSA) is 20.2 Å². The Morgan fingerprint density at radius 2 is 1.92 bits per heavy atom. The molecule has 1 fully saturated rings. The number of quaternary nitrogens is 1. The largest absolute Gasteiger partial charge is 0.314 e. The summed E-state index contributed by atoms with van der Waals surface area (Å²) in [5.74, 6) is 0. The Morgan fingerprint density at radius 1 is 1.31 bits per heavy atom. The molecule has 1 aliphatic heterocycles. The number of likely N-dealkylation sites (N-methyl/N-ethyl adjacent to an activating group) is 3. The van der Waals surface area contributed by atoms with Crippen LogP contribution < -0.4 is 4.90 Å². The van der Waals surface area contributed by atoms with E-state index in [9.17, 15) is 0 Å². The molecule has 13 heavy (non-hydrogen) atoms. The van der Waals surface area contributed by atoms with Crippen LogP contribution in [0.15, 0.2) is 0 Å². The molecular formula is C9H22N3O+. The highest BCUT2D eigenvalue weighted by Gasteiger charge is 2.30. The molecule has 0 saturated carbocycles. The molecule has 2 unspecified atom stereocenters. The zero-order valence-electron chi connectivity index (χ0n) is 9.37. The van der Waals surface area contributed by atoms with E-state index in [1.165, 1.54) is 4.90 Å². The Morgan fingerprint density at radius 3 is 2.38 bits per heavy atom. The molecule has 1 aliphatic rings. The van der Waals surface area contributed by atoms with Crippen LogP contribution in [0.4, 0.5) is 0 Å². The van der Waals surface area contributed by atoms with Gasteiger partial charge < -0.3 is 9.64 Å². The predicted octanol–water partition coefficient (Wildman–Crippen LogP) is -1.69. The summed E-state index contributed by atoms with van der Waals surface area (Å²) in [6, 6.07) is 0. The number of nitrogens with zero attached hydrogens (tertiary/aromatic N) is 2. The van der Waals surface area contributed by atoms with Crippen LogP contribution in [0.3, 0.4) is 0 Å². The summed E-state index contributed by atoms with van der Waals surface area (Å²) >= 11 is 0. The molecule has 0 aromatic heterocycles. The number of ether oxygens (including phenoxy) is 1. The molecule has 4 heteroatoms. The Balaban J connectivity index is 2.52. The molecule has 0 aromatic carbocycles. The van der Waals surface area contributed by atoms with Gasteiger partial charge in [-0.25, -0.2) is 0 Å². The summed E-state index contributed by atoms with van der Waals surface area (Å²) < 4.78 is 5.93. The van der Waals surface area contributed by atoms with Crippen molar-refractivity contribution in [3.8, 4) is 0 Å². The van der Waals surface area contributed by atoms with Crippen LogP contribution in [-0.4, -0.2) is 70.6 Å². The molecule has 1 N–H and O–H groups in total. The third-order valence-corrected chi connectivity index (χ3v) is 2.49. The van der Waals surface area contributed by atoms with Crippen molar-refractivity contribution < 1.29 is 9.64 Å². The predicted molar refractivity (Wildman–Crippen MR) is 52.7 cm³/mol. The van der Waals surface area contributed by atoms with Crippen LogP contribution in [0, 0.1) is 0 Å². The molecule has 1 rings (SSSR count). The molecule has 78 valence electrons. The van der Waals surface area contributed by atoms with Crippen LogP contribution in [-0.2, 0) is 4.74 Å². The van der Waals surface area contributed by atoms with E-state index in [1.807, 2.05) is 0 Å². The summed E-state index contributed by atoms with van der Waals surface area (Å²) in [5.41, 5.74) is 0.